The predicted molar refractivity (Wildman–Crippen MR) is 73.3 cm³/mol. The molecule has 1 aromatic carbocycles. The fourth-order valence-electron chi connectivity index (χ4n) is 1.89. The molecule has 0 saturated heterocycles. The van der Waals surface area contributed by atoms with Gasteiger partial charge in [-0.2, -0.15) is 13.2 Å². The predicted octanol–water partition coefficient (Wildman–Crippen LogP) is 4.76. The zero-order valence-electron chi connectivity index (χ0n) is 10.4. The number of halogens is 4. The Hall–Kier alpha value is -1.30. The van der Waals surface area contributed by atoms with Crippen molar-refractivity contribution in [2.45, 2.75) is 20.0 Å². The minimum Gasteiger partial charge on any atom is -0.385 e. The van der Waals surface area contributed by atoms with Crippen molar-refractivity contribution in [1.82, 2.24) is 4.98 Å². The van der Waals surface area contributed by atoms with E-state index in [1.54, 1.807) is 13.0 Å². The second-order valence-electron chi connectivity index (χ2n) is 4.15. The van der Waals surface area contributed by atoms with Gasteiger partial charge in [-0.1, -0.05) is 15.9 Å². The van der Waals surface area contributed by atoms with Crippen LogP contribution in [0.4, 0.5) is 18.9 Å². The van der Waals surface area contributed by atoms with Gasteiger partial charge in [0.15, 0.2) is 0 Å². The van der Waals surface area contributed by atoms with Gasteiger partial charge in [0.05, 0.1) is 5.52 Å². The Balaban J connectivity index is 2.80. The molecule has 102 valence electrons. The highest BCUT2D eigenvalue weighted by Crippen LogP contribution is 2.35. The second-order valence-corrected chi connectivity index (χ2v) is 5.01. The number of nitrogens with zero attached hydrogens (tertiary/aromatic N) is 1. The van der Waals surface area contributed by atoms with E-state index in [0.717, 1.165) is 10.5 Å². The fourth-order valence-corrected chi connectivity index (χ4v) is 2.21. The molecule has 0 atom stereocenters. The summed E-state index contributed by atoms with van der Waals surface area (Å²) < 4.78 is 39.3. The average Bonchev–Trinajstić information content (AvgIpc) is 2.33. The van der Waals surface area contributed by atoms with E-state index in [-0.39, 0.29) is 0 Å². The Morgan fingerprint density at radius 3 is 2.58 bits per heavy atom. The lowest BCUT2D eigenvalue weighted by atomic mass is 10.1. The number of aryl methyl sites for hydroxylation is 1. The van der Waals surface area contributed by atoms with Crippen molar-refractivity contribution >= 4 is 32.5 Å². The molecule has 1 heterocycles. The summed E-state index contributed by atoms with van der Waals surface area (Å²) in [7, 11) is 0. The zero-order chi connectivity index (χ0) is 14.2. The number of rotatable bonds is 2. The molecule has 1 aromatic heterocycles. The lowest BCUT2D eigenvalue weighted by molar-refractivity contribution is -0.140. The SMILES string of the molecule is CCNc1cc(C(F)(F)F)nc2c(C)c(Br)ccc12. The molecule has 0 aliphatic heterocycles. The van der Waals surface area contributed by atoms with Crippen molar-refractivity contribution in [1.29, 1.82) is 0 Å². The van der Waals surface area contributed by atoms with Crippen LogP contribution in [0.1, 0.15) is 18.2 Å². The van der Waals surface area contributed by atoms with Crippen LogP contribution in [0.3, 0.4) is 0 Å². The molecule has 1 N–H and O–H groups in total. The number of hydrogen-bond acceptors (Lipinski definition) is 2. The second kappa shape index (κ2) is 5.00. The van der Waals surface area contributed by atoms with Crippen molar-refractivity contribution in [3.8, 4) is 0 Å². The third kappa shape index (κ3) is 2.68. The van der Waals surface area contributed by atoms with Gasteiger partial charge in [-0.25, -0.2) is 4.98 Å². The number of hydrogen-bond donors (Lipinski definition) is 1. The number of aromatic nitrogens is 1. The minimum atomic E-state index is -4.45. The van der Waals surface area contributed by atoms with Crippen LogP contribution < -0.4 is 5.32 Å². The number of fused-ring (bicyclic) bond motifs is 1. The van der Waals surface area contributed by atoms with Crippen molar-refractivity contribution in [3.63, 3.8) is 0 Å². The van der Waals surface area contributed by atoms with Crippen LogP contribution in [-0.2, 0) is 6.18 Å². The van der Waals surface area contributed by atoms with E-state index in [1.165, 1.54) is 0 Å². The molecule has 0 aliphatic rings. The summed E-state index contributed by atoms with van der Waals surface area (Å²) in [5.41, 5.74) is 0.635. The summed E-state index contributed by atoms with van der Waals surface area (Å²) in [5, 5.41) is 3.64. The first kappa shape index (κ1) is 14.1. The van der Waals surface area contributed by atoms with Gasteiger partial charge in [0.2, 0.25) is 0 Å². The molecule has 0 aliphatic carbocycles. The highest BCUT2D eigenvalue weighted by molar-refractivity contribution is 9.10. The third-order valence-corrected chi connectivity index (χ3v) is 3.69. The first-order valence-corrected chi connectivity index (χ1v) is 6.54. The summed E-state index contributed by atoms with van der Waals surface area (Å²) in [6.07, 6.45) is -4.45. The van der Waals surface area contributed by atoms with Crippen LogP contribution in [0.15, 0.2) is 22.7 Å². The molecule has 0 fully saturated rings. The van der Waals surface area contributed by atoms with Gasteiger partial charge in [0.25, 0.3) is 0 Å². The fraction of sp³-hybridized carbons (Fsp3) is 0.308. The highest BCUT2D eigenvalue weighted by Gasteiger charge is 2.33. The molecule has 0 unspecified atom stereocenters. The molecular formula is C13H12BrF3N2. The van der Waals surface area contributed by atoms with Crippen LogP contribution in [0.5, 0.6) is 0 Å². The van der Waals surface area contributed by atoms with Gasteiger partial charge in [-0.05, 0) is 37.6 Å². The van der Waals surface area contributed by atoms with E-state index in [2.05, 4.69) is 26.2 Å². The number of anilines is 1. The van der Waals surface area contributed by atoms with E-state index in [4.69, 9.17) is 0 Å². The van der Waals surface area contributed by atoms with Gasteiger partial charge in [-0.3, -0.25) is 0 Å². The molecule has 0 bridgehead atoms. The third-order valence-electron chi connectivity index (χ3n) is 2.83. The Kier molecular flexibility index (Phi) is 3.71. The van der Waals surface area contributed by atoms with E-state index < -0.39 is 11.9 Å². The highest BCUT2D eigenvalue weighted by atomic mass is 79.9. The number of alkyl halides is 3. The van der Waals surface area contributed by atoms with Gasteiger partial charge in [-0.15, -0.1) is 0 Å². The largest absolute Gasteiger partial charge is 0.433 e. The van der Waals surface area contributed by atoms with E-state index in [1.807, 2.05) is 13.0 Å². The van der Waals surface area contributed by atoms with Crippen LogP contribution >= 0.6 is 15.9 Å². The van der Waals surface area contributed by atoms with Crippen LogP contribution in [-0.4, -0.2) is 11.5 Å². The summed E-state index contributed by atoms with van der Waals surface area (Å²) in [6.45, 7) is 4.13. The van der Waals surface area contributed by atoms with Crippen molar-refractivity contribution in [3.05, 3.63) is 33.9 Å². The molecule has 0 amide bonds. The Bertz CT molecular complexity index is 623. The topological polar surface area (TPSA) is 24.9 Å². The Morgan fingerprint density at radius 2 is 2.00 bits per heavy atom. The molecule has 2 rings (SSSR count). The smallest absolute Gasteiger partial charge is 0.385 e. The van der Waals surface area contributed by atoms with E-state index >= 15 is 0 Å². The molecule has 0 radical (unpaired) electrons. The first-order chi connectivity index (χ1) is 8.84. The molecule has 6 heteroatoms. The lowest BCUT2D eigenvalue weighted by Gasteiger charge is -2.14. The number of nitrogens with one attached hydrogen (secondary N) is 1. The molecule has 0 saturated carbocycles. The zero-order valence-corrected chi connectivity index (χ0v) is 12.0. The van der Waals surface area contributed by atoms with Gasteiger partial charge < -0.3 is 5.32 Å². The van der Waals surface area contributed by atoms with Crippen LogP contribution in [0.2, 0.25) is 0 Å². The Morgan fingerprint density at radius 1 is 1.32 bits per heavy atom. The molecule has 2 aromatic rings. The monoisotopic (exact) mass is 332 g/mol. The van der Waals surface area contributed by atoms with Crippen molar-refractivity contribution in [2.75, 3.05) is 11.9 Å². The van der Waals surface area contributed by atoms with Crippen LogP contribution in [0, 0.1) is 6.92 Å². The normalized spacial score (nSPS) is 11.9. The van der Waals surface area contributed by atoms with Gasteiger partial charge in [0, 0.05) is 22.1 Å². The van der Waals surface area contributed by atoms with Crippen molar-refractivity contribution in [2.24, 2.45) is 0 Å². The van der Waals surface area contributed by atoms with E-state index in [9.17, 15) is 13.2 Å². The summed E-state index contributed by atoms with van der Waals surface area (Å²) >= 11 is 3.31. The lowest BCUT2D eigenvalue weighted by Crippen LogP contribution is -2.10. The van der Waals surface area contributed by atoms with Gasteiger partial charge in [0.1, 0.15) is 5.69 Å². The maximum atomic E-state index is 12.9. The molecule has 0 spiro atoms. The van der Waals surface area contributed by atoms with Crippen LogP contribution in [0.25, 0.3) is 10.9 Å². The molecule has 2 nitrogen and oxygen atoms in total. The Labute approximate surface area is 117 Å². The number of pyridine rings is 1. The van der Waals surface area contributed by atoms with Gasteiger partial charge >= 0.3 is 6.18 Å². The van der Waals surface area contributed by atoms with E-state index in [0.29, 0.717) is 28.7 Å². The average molecular weight is 333 g/mol. The molecular weight excluding hydrogens is 321 g/mol. The van der Waals surface area contributed by atoms with Crippen molar-refractivity contribution < 1.29 is 13.2 Å². The maximum absolute atomic E-state index is 12.9. The molecule has 19 heavy (non-hydrogen) atoms. The summed E-state index contributed by atoms with van der Waals surface area (Å²) in [4.78, 5) is 3.75. The quantitative estimate of drug-likeness (QED) is 0.857. The maximum Gasteiger partial charge on any atom is 0.433 e. The standard InChI is InChI=1S/C13H12BrF3N2/c1-3-18-10-6-11(13(15,16)17)19-12-7(2)9(14)5-4-8(10)12/h4-6H,3H2,1-2H3,(H,18,19). The summed E-state index contributed by atoms with van der Waals surface area (Å²) in [5.74, 6) is 0. The number of benzene rings is 1. The first-order valence-electron chi connectivity index (χ1n) is 5.75. The minimum absolute atomic E-state index is 0.361. The summed E-state index contributed by atoms with van der Waals surface area (Å²) in [6, 6.07) is 4.63.